The summed E-state index contributed by atoms with van der Waals surface area (Å²) in [5.41, 5.74) is 3.11. The second kappa shape index (κ2) is 3.67. The molecule has 2 aliphatic rings. The minimum Gasteiger partial charge on any atom is -0.466 e. The second-order valence-corrected chi connectivity index (χ2v) is 4.87. The highest BCUT2D eigenvalue weighted by molar-refractivity contribution is 5.39. The maximum atomic E-state index is 5.88. The Balaban J connectivity index is 1.95. The normalized spacial score (nSPS) is 25.5. The summed E-state index contributed by atoms with van der Waals surface area (Å²) in [5, 5.41) is 3.50. The van der Waals surface area contributed by atoms with Crippen LogP contribution in [0.1, 0.15) is 47.8 Å². The van der Waals surface area contributed by atoms with Crippen molar-refractivity contribution in [2.24, 2.45) is 0 Å². The van der Waals surface area contributed by atoms with Gasteiger partial charge < -0.3 is 9.73 Å². The van der Waals surface area contributed by atoms with E-state index in [9.17, 15) is 0 Å². The molecule has 1 aliphatic carbocycles. The van der Waals surface area contributed by atoms with E-state index in [1.807, 2.05) is 0 Å². The van der Waals surface area contributed by atoms with E-state index < -0.39 is 0 Å². The zero-order chi connectivity index (χ0) is 10.3. The fraction of sp³-hybridized carbons (Fsp3) is 0.692. The van der Waals surface area contributed by atoms with Gasteiger partial charge in [-0.3, -0.25) is 0 Å². The molecule has 0 bridgehead atoms. The first-order valence-corrected chi connectivity index (χ1v) is 6.18. The molecule has 2 heteroatoms. The van der Waals surface area contributed by atoms with E-state index in [0.29, 0.717) is 5.92 Å². The number of nitrogens with one attached hydrogen (secondary N) is 1. The van der Waals surface area contributed by atoms with Crippen molar-refractivity contribution < 1.29 is 4.42 Å². The lowest BCUT2D eigenvalue weighted by molar-refractivity contribution is 0.442. The Labute approximate surface area is 91.0 Å². The molecular weight excluding hydrogens is 186 g/mol. The molecule has 2 heterocycles. The van der Waals surface area contributed by atoms with Gasteiger partial charge in [0.05, 0.1) is 0 Å². The van der Waals surface area contributed by atoms with Crippen molar-refractivity contribution in [1.29, 1.82) is 0 Å². The fourth-order valence-electron chi connectivity index (χ4n) is 3.20. The number of rotatable bonds is 1. The zero-order valence-corrected chi connectivity index (χ0v) is 9.44. The third-order valence-corrected chi connectivity index (χ3v) is 3.85. The van der Waals surface area contributed by atoms with Crippen molar-refractivity contribution in [1.82, 2.24) is 5.32 Å². The van der Waals surface area contributed by atoms with Crippen LogP contribution < -0.4 is 5.32 Å². The predicted octanol–water partition coefficient (Wildman–Crippen LogP) is 2.54. The monoisotopic (exact) mass is 205 g/mol. The van der Waals surface area contributed by atoms with Crippen LogP contribution in [0.5, 0.6) is 0 Å². The van der Waals surface area contributed by atoms with Crippen LogP contribution in [0.25, 0.3) is 0 Å². The van der Waals surface area contributed by atoms with E-state index in [1.54, 1.807) is 11.1 Å². The first-order chi connectivity index (χ1) is 7.36. The van der Waals surface area contributed by atoms with Crippen LogP contribution in [0.3, 0.4) is 0 Å². The van der Waals surface area contributed by atoms with E-state index in [4.69, 9.17) is 4.42 Å². The molecular formula is C13H19NO. The smallest absolute Gasteiger partial charge is 0.107 e. The molecule has 0 saturated carbocycles. The summed E-state index contributed by atoms with van der Waals surface area (Å²) >= 11 is 0. The lowest BCUT2D eigenvalue weighted by atomic mass is 9.88. The van der Waals surface area contributed by atoms with Gasteiger partial charge in [0.1, 0.15) is 11.5 Å². The van der Waals surface area contributed by atoms with Crippen LogP contribution in [-0.4, -0.2) is 13.1 Å². The third kappa shape index (κ3) is 1.51. The molecule has 1 saturated heterocycles. The van der Waals surface area contributed by atoms with Gasteiger partial charge >= 0.3 is 0 Å². The van der Waals surface area contributed by atoms with E-state index in [-0.39, 0.29) is 0 Å². The summed E-state index contributed by atoms with van der Waals surface area (Å²) in [6.07, 6.45) is 6.35. The molecule has 82 valence electrons. The molecule has 1 unspecified atom stereocenters. The Morgan fingerprint density at radius 2 is 2.20 bits per heavy atom. The van der Waals surface area contributed by atoms with Crippen molar-refractivity contribution in [3.05, 3.63) is 22.6 Å². The molecule has 1 aromatic rings. The topological polar surface area (TPSA) is 25.2 Å². The van der Waals surface area contributed by atoms with E-state index >= 15 is 0 Å². The number of furan rings is 1. The number of piperidine rings is 1. The highest BCUT2D eigenvalue weighted by Gasteiger charge is 2.27. The molecule has 2 nitrogen and oxygen atoms in total. The Hall–Kier alpha value is -0.760. The van der Waals surface area contributed by atoms with Crippen LogP contribution in [-0.2, 0) is 12.8 Å². The lowest BCUT2D eigenvalue weighted by Gasteiger charge is -2.23. The van der Waals surface area contributed by atoms with Gasteiger partial charge in [-0.25, -0.2) is 0 Å². The minimum absolute atomic E-state index is 0.712. The van der Waals surface area contributed by atoms with E-state index in [2.05, 4.69) is 12.2 Å². The highest BCUT2D eigenvalue weighted by Crippen LogP contribution is 2.37. The second-order valence-electron chi connectivity index (χ2n) is 4.87. The zero-order valence-electron chi connectivity index (χ0n) is 9.44. The Bertz CT molecular complexity index is 361. The van der Waals surface area contributed by atoms with Crippen molar-refractivity contribution in [2.75, 3.05) is 13.1 Å². The number of hydrogen-bond donors (Lipinski definition) is 1. The summed E-state index contributed by atoms with van der Waals surface area (Å²) in [6.45, 7) is 4.48. The Morgan fingerprint density at radius 1 is 1.27 bits per heavy atom. The van der Waals surface area contributed by atoms with E-state index in [1.165, 1.54) is 43.7 Å². The number of fused-ring (bicyclic) bond motifs is 1. The number of hydrogen-bond acceptors (Lipinski definition) is 2. The Kier molecular flexibility index (Phi) is 2.32. The average molecular weight is 205 g/mol. The van der Waals surface area contributed by atoms with Crippen LogP contribution >= 0.6 is 0 Å². The summed E-state index contributed by atoms with van der Waals surface area (Å²) in [6, 6.07) is 0. The first-order valence-electron chi connectivity index (χ1n) is 6.18. The van der Waals surface area contributed by atoms with Crippen LogP contribution in [0.4, 0.5) is 0 Å². The van der Waals surface area contributed by atoms with E-state index in [0.717, 1.165) is 13.0 Å². The third-order valence-electron chi connectivity index (χ3n) is 3.85. The van der Waals surface area contributed by atoms with Crippen LogP contribution in [0.15, 0.2) is 4.42 Å². The SMILES string of the molecule is Cc1oc2c(c1C1CCCNC1)CCC2. The van der Waals surface area contributed by atoms with Gasteiger partial charge in [-0.15, -0.1) is 0 Å². The summed E-state index contributed by atoms with van der Waals surface area (Å²) in [5.74, 6) is 3.19. The highest BCUT2D eigenvalue weighted by atomic mass is 16.3. The van der Waals surface area contributed by atoms with Crippen LogP contribution in [0.2, 0.25) is 0 Å². The molecule has 1 aliphatic heterocycles. The quantitative estimate of drug-likeness (QED) is 0.762. The molecule has 3 rings (SSSR count). The fourth-order valence-corrected chi connectivity index (χ4v) is 3.20. The van der Waals surface area contributed by atoms with Gasteiger partial charge in [0.2, 0.25) is 0 Å². The standard InChI is InChI=1S/C13H19NO/c1-9-13(10-4-3-7-14-8-10)11-5-2-6-12(11)15-9/h10,14H,2-8H2,1H3. The van der Waals surface area contributed by atoms with Crippen LogP contribution in [0, 0.1) is 6.92 Å². The van der Waals surface area contributed by atoms with Gasteiger partial charge in [-0.2, -0.15) is 0 Å². The first kappa shape index (κ1) is 9.46. The van der Waals surface area contributed by atoms with Gasteiger partial charge in [-0.05, 0) is 44.7 Å². The summed E-state index contributed by atoms with van der Waals surface area (Å²) < 4.78 is 5.88. The molecule has 0 amide bonds. The molecule has 1 aromatic heterocycles. The largest absolute Gasteiger partial charge is 0.466 e. The summed E-state index contributed by atoms with van der Waals surface area (Å²) in [4.78, 5) is 0. The number of aryl methyl sites for hydroxylation is 2. The van der Waals surface area contributed by atoms with Crippen molar-refractivity contribution in [3.8, 4) is 0 Å². The van der Waals surface area contributed by atoms with Crippen molar-refractivity contribution in [2.45, 2.75) is 44.9 Å². The van der Waals surface area contributed by atoms with Gasteiger partial charge in [0.15, 0.2) is 0 Å². The molecule has 1 N–H and O–H groups in total. The maximum Gasteiger partial charge on any atom is 0.107 e. The average Bonchev–Trinajstić information content (AvgIpc) is 2.78. The lowest BCUT2D eigenvalue weighted by Crippen LogP contribution is -2.28. The van der Waals surface area contributed by atoms with Gasteiger partial charge in [-0.1, -0.05) is 0 Å². The molecule has 1 atom stereocenters. The van der Waals surface area contributed by atoms with Gasteiger partial charge in [0.25, 0.3) is 0 Å². The molecule has 0 aromatic carbocycles. The minimum atomic E-state index is 0.712. The molecule has 0 spiro atoms. The molecule has 0 radical (unpaired) electrons. The molecule has 15 heavy (non-hydrogen) atoms. The maximum absolute atomic E-state index is 5.88. The Morgan fingerprint density at radius 3 is 3.00 bits per heavy atom. The predicted molar refractivity (Wildman–Crippen MR) is 60.3 cm³/mol. The van der Waals surface area contributed by atoms with Gasteiger partial charge in [0, 0.05) is 24.4 Å². The van der Waals surface area contributed by atoms with Crippen molar-refractivity contribution in [3.63, 3.8) is 0 Å². The molecule has 1 fully saturated rings. The summed E-state index contributed by atoms with van der Waals surface area (Å²) in [7, 11) is 0. The van der Waals surface area contributed by atoms with Crippen molar-refractivity contribution >= 4 is 0 Å².